The van der Waals surface area contributed by atoms with Gasteiger partial charge in [0.2, 0.25) is 5.79 Å². The lowest BCUT2D eigenvalue weighted by molar-refractivity contribution is -0.395. The van der Waals surface area contributed by atoms with E-state index in [0.717, 1.165) is 43.9 Å². The molecule has 2 saturated heterocycles. The van der Waals surface area contributed by atoms with Gasteiger partial charge < -0.3 is 69.3 Å². The Labute approximate surface area is 354 Å². The number of hydrogen-bond donors (Lipinski definition) is 8. The maximum absolute atomic E-state index is 13.3. The number of aliphatic hydroxyl groups is 6. The minimum absolute atomic E-state index is 0.114. The first-order chi connectivity index (χ1) is 29.4. The summed E-state index contributed by atoms with van der Waals surface area (Å²) in [5, 5.41) is 86.2. The van der Waals surface area contributed by atoms with Gasteiger partial charge in [-0.05, 0) is 30.9 Å². The lowest BCUT2D eigenvalue weighted by Gasteiger charge is -2.50. The highest BCUT2D eigenvalue weighted by Crippen LogP contribution is 2.51. The van der Waals surface area contributed by atoms with Crippen LogP contribution in [0.15, 0.2) is 109 Å². The third-order valence-corrected chi connectivity index (χ3v) is 9.75. The summed E-state index contributed by atoms with van der Waals surface area (Å²) in [4.78, 5) is 25.7. The number of benzene rings is 1. The summed E-state index contributed by atoms with van der Waals surface area (Å²) >= 11 is 0. The van der Waals surface area contributed by atoms with Crippen molar-refractivity contribution in [1.82, 2.24) is 0 Å². The second kappa shape index (κ2) is 24.7. The van der Waals surface area contributed by atoms with Gasteiger partial charge in [-0.1, -0.05) is 112 Å². The van der Waals surface area contributed by atoms with Crippen molar-refractivity contribution in [2.75, 3.05) is 13.2 Å². The number of aliphatic hydroxyl groups excluding tert-OH is 6. The number of carbonyl (C=O) groups is 2. The number of unbranched alkanes of at least 4 members (excludes halogenated alkanes) is 2. The van der Waals surface area contributed by atoms with Crippen LogP contribution in [0.25, 0.3) is 0 Å². The highest BCUT2D eigenvalue weighted by molar-refractivity contribution is 5.82. The molecule has 1 aromatic carbocycles. The van der Waals surface area contributed by atoms with Crippen LogP contribution in [-0.4, -0.2) is 127 Å². The van der Waals surface area contributed by atoms with E-state index in [1.807, 2.05) is 37.3 Å². The Balaban J connectivity index is 1.52. The Bertz CT molecular complexity index is 1810. The molecule has 2 fully saturated rings. The van der Waals surface area contributed by atoms with Gasteiger partial charge in [0.25, 0.3) is 0 Å². The second-order valence-electron chi connectivity index (χ2n) is 14.4. The van der Waals surface area contributed by atoms with E-state index in [2.05, 4.69) is 6.92 Å². The van der Waals surface area contributed by atoms with E-state index >= 15 is 0 Å². The van der Waals surface area contributed by atoms with E-state index in [-0.39, 0.29) is 29.9 Å². The van der Waals surface area contributed by atoms with Crippen molar-refractivity contribution in [2.45, 2.75) is 120 Å². The van der Waals surface area contributed by atoms with Crippen LogP contribution in [0.4, 0.5) is 0 Å². The SMILES string of the molecule is CCC/C=C/C=C/C=C/C(=O)OC[C@@H]1O[C@@H](O[C@H]2[C@H](OC(=O)/C=C/C=C/C[C@H](O)/C=C/C=C/C=C/CCC)[C@@H](O)[C@@]3(OCc4cc(O)cc(O)c43)O[C@@H]2CO)[C@H](O)[C@@H](O)[C@H]1O. The largest absolute Gasteiger partial charge is 0.508 e. The molecule has 334 valence electrons. The highest BCUT2D eigenvalue weighted by Gasteiger charge is 2.63. The number of ether oxygens (including phenoxy) is 6. The van der Waals surface area contributed by atoms with Crippen molar-refractivity contribution in [3.8, 4) is 11.5 Å². The Hall–Kier alpha value is -4.72. The zero-order chi connectivity index (χ0) is 44.4. The van der Waals surface area contributed by atoms with Crippen molar-refractivity contribution >= 4 is 11.9 Å². The maximum Gasteiger partial charge on any atom is 0.331 e. The first kappa shape index (κ1) is 48.9. The average molecular weight is 855 g/mol. The third-order valence-electron chi connectivity index (χ3n) is 9.75. The van der Waals surface area contributed by atoms with Gasteiger partial charge >= 0.3 is 11.9 Å². The fourth-order valence-electron chi connectivity index (χ4n) is 6.66. The molecule has 0 aliphatic carbocycles. The standard InChI is InChI=1S/C45H58O16/c1-3-5-7-9-11-13-16-20-30(47)21-17-15-19-23-36(51)59-42-41(33(26-46)61-45(43(42)55)37-29(27-57-45)24-31(48)25-32(37)49)60-44-40(54)39(53)38(52)34(58-44)28-56-35(50)22-18-14-12-10-8-6-4-2/h7-20,22-25,30,33-34,38-44,46-49,52-55H,3-6,21,26-28H2,1-2H3/b9-7+,10-8+,13-11+,14-12+,17-15+,20-16+,22-18+,23-19+/t30-,33-,34+,38+,39+,40-,41-,42+,43-,44+,45+/m1/s1. The first-order valence-electron chi connectivity index (χ1n) is 20.3. The summed E-state index contributed by atoms with van der Waals surface area (Å²) in [5.41, 5.74) is 0.104. The van der Waals surface area contributed by atoms with Gasteiger partial charge in [0.15, 0.2) is 18.5 Å². The zero-order valence-corrected chi connectivity index (χ0v) is 34.2. The minimum Gasteiger partial charge on any atom is -0.508 e. The zero-order valence-electron chi connectivity index (χ0n) is 34.2. The monoisotopic (exact) mass is 854 g/mol. The van der Waals surface area contributed by atoms with Gasteiger partial charge in [0.05, 0.1) is 24.9 Å². The number of allylic oxidation sites excluding steroid dienone is 12. The molecular formula is C45H58O16. The number of esters is 2. The number of phenolic OH excluding ortho intramolecular Hbond substituents is 2. The van der Waals surface area contributed by atoms with Crippen LogP contribution in [0, 0.1) is 0 Å². The quantitative estimate of drug-likeness (QED) is 0.0533. The molecule has 11 atom stereocenters. The Morgan fingerprint density at radius 3 is 2.13 bits per heavy atom. The first-order valence-corrected chi connectivity index (χ1v) is 20.3. The van der Waals surface area contributed by atoms with Crippen LogP contribution < -0.4 is 0 Å². The van der Waals surface area contributed by atoms with Crippen LogP contribution in [0.5, 0.6) is 11.5 Å². The molecule has 1 aromatic rings. The fraction of sp³-hybridized carbons (Fsp3) is 0.467. The van der Waals surface area contributed by atoms with Crippen LogP contribution in [0.1, 0.15) is 57.1 Å². The average Bonchev–Trinajstić information content (AvgIpc) is 3.60. The van der Waals surface area contributed by atoms with Crippen LogP contribution in [0.2, 0.25) is 0 Å². The predicted octanol–water partition coefficient (Wildman–Crippen LogP) is 2.98. The molecule has 3 aliphatic heterocycles. The molecule has 3 heterocycles. The van der Waals surface area contributed by atoms with Gasteiger partial charge in [-0.25, -0.2) is 9.59 Å². The Morgan fingerprint density at radius 1 is 0.803 bits per heavy atom. The Kier molecular flexibility index (Phi) is 19.8. The number of aromatic hydroxyl groups is 2. The number of carbonyl (C=O) groups excluding carboxylic acids is 2. The molecule has 3 aliphatic rings. The lowest BCUT2D eigenvalue weighted by Crippen LogP contribution is -2.67. The molecule has 16 heteroatoms. The van der Waals surface area contributed by atoms with Gasteiger partial charge in [-0.15, -0.1) is 0 Å². The van der Waals surface area contributed by atoms with Crippen molar-refractivity contribution in [3.63, 3.8) is 0 Å². The predicted molar refractivity (Wildman–Crippen MR) is 220 cm³/mol. The maximum atomic E-state index is 13.3. The summed E-state index contributed by atoms with van der Waals surface area (Å²) in [6, 6.07) is 2.25. The Morgan fingerprint density at radius 2 is 1.44 bits per heavy atom. The molecule has 16 nitrogen and oxygen atoms in total. The van der Waals surface area contributed by atoms with Crippen LogP contribution in [-0.2, 0) is 50.4 Å². The number of phenols is 2. The molecule has 0 aromatic heterocycles. The van der Waals surface area contributed by atoms with E-state index in [1.165, 1.54) is 24.3 Å². The summed E-state index contributed by atoms with van der Waals surface area (Å²) in [6.07, 6.45) is 13.4. The molecule has 61 heavy (non-hydrogen) atoms. The lowest BCUT2D eigenvalue weighted by atomic mass is 9.86. The van der Waals surface area contributed by atoms with Crippen LogP contribution >= 0.6 is 0 Å². The second-order valence-corrected chi connectivity index (χ2v) is 14.4. The van der Waals surface area contributed by atoms with Gasteiger partial charge in [-0.2, -0.15) is 0 Å². The molecule has 0 amide bonds. The van der Waals surface area contributed by atoms with Crippen molar-refractivity contribution < 1.29 is 78.9 Å². The van der Waals surface area contributed by atoms with Gasteiger partial charge in [-0.3, -0.25) is 0 Å². The van der Waals surface area contributed by atoms with Gasteiger partial charge in [0.1, 0.15) is 54.7 Å². The normalized spacial score (nSPS) is 30.1. The van der Waals surface area contributed by atoms with E-state index < -0.39 is 97.9 Å². The molecule has 0 bridgehead atoms. The molecule has 0 unspecified atom stereocenters. The number of fused-ring (bicyclic) bond motifs is 2. The van der Waals surface area contributed by atoms with Crippen LogP contribution in [0.3, 0.4) is 0 Å². The van der Waals surface area contributed by atoms with E-state index in [4.69, 9.17) is 28.4 Å². The summed E-state index contributed by atoms with van der Waals surface area (Å²) < 4.78 is 34.6. The van der Waals surface area contributed by atoms with E-state index in [1.54, 1.807) is 36.5 Å². The molecule has 1 spiro atoms. The molecule has 8 N–H and O–H groups in total. The third kappa shape index (κ3) is 13.6. The molecular weight excluding hydrogens is 796 g/mol. The number of rotatable bonds is 20. The minimum atomic E-state index is -2.27. The molecule has 0 radical (unpaired) electrons. The smallest absolute Gasteiger partial charge is 0.331 e. The van der Waals surface area contributed by atoms with Crippen molar-refractivity contribution in [2.24, 2.45) is 0 Å². The molecule has 0 saturated carbocycles. The highest BCUT2D eigenvalue weighted by atomic mass is 16.8. The van der Waals surface area contributed by atoms with E-state index in [0.29, 0.717) is 0 Å². The number of hydrogen-bond acceptors (Lipinski definition) is 16. The summed E-state index contributed by atoms with van der Waals surface area (Å²) in [5.74, 6) is -4.96. The van der Waals surface area contributed by atoms with Crippen molar-refractivity contribution in [1.29, 1.82) is 0 Å². The van der Waals surface area contributed by atoms with Gasteiger partial charge in [0, 0.05) is 18.2 Å². The summed E-state index contributed by atoms with van der Waals surface area (Å²) in [7, 11) is 0. The summed E-state index contributed by atoms with van der Waals surface area (Å²) in [6.45, 7) is 2.37. The van der Waals surface area contributed by atoms with Crippen molar-refractivity contribution in [3.05, 3.63) is 120 Å². The van der Waals surface area contributed by atoms with E-state index in [9.17, 15) is 50.4 Å². The molecule has 4 rings (SSSR count). The fourth-order valence-corrected chi connectivity index (χ4v) is 6.66. The topological polar surface area (TPSA) is 251 Å².